The molecule has 2 fully saturated rings. The van der Waals surface area contributed by atoms with Crippen molar-refractivity contribution in [3.8, 4) is 0 Å². The lowest BCUT2D eigenvalue weighted by Gasteiger charge is -2.47. The van der Waals surface area contributed by atoms with Crippen molar-refractivity contribution in [2.45, 2.75) is 90.4 Å². The number of fused-ring (bicyclic) bond motifs is 2. The Kier molecular flexibility index (Phi) is 22.3. The Hall–Kier alpha value is -5.08. The summed E-state index contributed by atoms with van der Waals surface area (Å²) in [6.07, 6.45) is 2.53. The molecule has 2 aromatic carbocycles. The van der Waals surface area contributed by atoms with E-state index in [9.17, 15) is 38.4 Å². The van der Waals surface area contributed by atoms with Crippen molar-refractivity contribution in [2.24, 2.45) is 17.6 Å². The quantitative estimate of drug-likeness (QED) is 0.136. The lowest BCUT2D eigenvalue weighted by Crippen LogP contribution is -2.55. The van der Waals surface area contributed by atoms with Crippen LogP contribution in [-0.4, -0.2) is 88.4 Å². The SMILES string of the molecule is CCOC(=O)C(CC=O)CC=O.CCOC(=O)C1CC2CC(=O)CC(C1)N2Cc1ccccc1.NCc1ccccc1.O=C(O)CC(=O)CC(=O)O. The Bertz CT molecular complexity index is 1390. The summed E-state index contributed by atoms with van der Waals surface area (Å²) >= 11 is 0. The van der Waals surface area contributed by atoms with E-state index in [-0.39, 0.29) is 43.4 Å². The molecule has 2 aromatic rings. The van der Waals surface area contributed by atoms with Crippen LogP contribution in [0.15, 0.2) is 60.7 Å². The zero-order chi connectivity index (χ0) is 38.9. The maximum atomic E-state index is 12.1. The molecule has 0 spiro atoms. The van der Waals surface area contributed by atoms with Gasteiger partial charge in [-0.15, -0.1) is 0 Å². The summed E-state index contributed by atoms with van der Waals surface area (Å²) in [5.41, 5.74) is 7.80. The number of aliphatic carboxylic acids is 2. The summed E-state index contributed by atoms with van der Waals surface area (Å²) in [5, 5.41) is 16.0. The molecule has 52 heavy (non-hydrogen) atoms. The predicted octanol–water partition coefficient (Wildman–Crippen LogP) is 3.56. The van der Waals surface area contributed by atoms with Crippen molar-refractivity contribution in [1.29, 1.82) is 0 Å². The second-order valence-electron chi connectivity index (χ2n) is 12.0. The molecule has 0 saturated carbocycles. The predicted molar refractivity (Wildman–Crippen MR) is 188 cm³/mol. The minimum absolute atomic E-state index is 0.0462. The molecule has 2 aliphatic heterocycles. The number of rotatable bonds is 15. The number of benzene rings is 2. The summed E-state index contributed by atoms with van der Waals surface area (Å²) in [7, 11) is 0. The van der Waals surface area contributed by atoms with Crippen LogP contribution in [0.5, 0.6) is 0 Å². The summed E-state index contributed by atoms with van der Waals surface area (Å²) in [6, 6.07) is 20.7. The molecule has 2 bridgehead atoms. The van der Waals surface area contributed by atoms with Crippen LogP contribution in [0, 0.1) is 11.8 Å². The molecular weight excluding hydrogens is 676 g/mol. The molecule has 0 amide bonds. The monoisotopic (exact) mass is 726 g/mol. The first-order chi connectivity index (χ1) is 24.9. The molecule has 284 valence electrons. The number of Topliss-reactive ketones (excluding diaryl/α,β-unsaturated/α-hetero) is 2. The van der Waals surface area contributed by atoms with Gasteiger partial charge in [-0.25, -0.2) is 0 Å². The number of ether oxygens (including phenoxy) is 2. The topological polar surface area (TPSA) is 225 Å². The second kappa shape index (κ2) is 25.8. The van der Waals surface area contributed by atoms with Crippen molar-refractivity contribution >= 4 is 48.0 Å². The first kappa shape index (κ1) is 44.9. The van der Waals surface area contributed by atoms with Gasteiger partial charge in [-0.05, 0) is 37.8 Å². The molecule has 4 rings (SSSR count). The number of ketones is 2. The molecular formula is C38H50N2O12. The number of carboxylic acid groups (broad SMARTS) is 2. The molecule has 2 unspecified atom stereocenters. The van der Waals surface area contributed by atoms with Gasteiger partial charge in [-0.2, -0.15) is 0 Å². The fourth-order valence-electron chi connectivity index (χ4n) is 5.63. The third-order valence-corrected chi connectivity index (χ3v) is 7.96. The van der Waals surface area contributed by atoms with Gasteiger partial charge in [0.1, 0.15) is 31.2 Å². The van der Waals surface area contributed by atoms with Crippen molar-refractivity contribution in [3.05, 3.63) is 71.8 Å². The van der Waals surface area contributed by atoms with Gasteiger partial charge in [0, 0.05) is 50.9 Å². The number of esters is 2. The largest absolute Gasteiger partial charge is 0.481 e. The minimum atomic E-state index is -1.30. The highest BCUT2D eigenvalue weighted by Crippen LogP contribution is 2.37. The third-order valence-electron chi connectivity index (χ3n) is 7.96. The van der Waals surface area contributed by atoms with Gasteiger partial charge in [-0.3, -0.25) is 33.7 Å². The molecule has 0 aliphatic carbocycles. The highest BCUT2D eigenvalue weighted by atomic mass is 16.5. The number of hydrogen-bond acceptors (Lipinski definition) is 12. The fourth-order valence-corrected chi connectivity index (χ4v) is 5.63. The first-order valence-corrected chi connectivity index (χ1v) is 17.1. The van der Waals surface area contributed by atoms with Crippen LogP contribution in [-0.2, 0) is 60.9 Å². The van der Waals surface area contributed by atoms with E-state index in [1.165, 1.54) is 11.1 Å². The number of carboxylic acids is 2. The lowest BCUT2D eigenvalue weighted by molar-refractivity contribution is -0.154. The number of carbonyl (C=O) groups is 8. The molecule has 4 N–H and O–H groups in total. The van der Waals surface area contributed by atoms with Crippen molar-refractivity contribution < 1.29 is 58.0 Å². The van der Waals surface area contributed by atoms with Crippen LogP contribution < -0.4 is 5.73 Å². The molecule has 0 aromatic heterocycles. The van der Waals surface area contributed by atoms with E-state index in [1.54, 1.807) is 6.92 Å². The number of nitrogens with zero attached hydrogens (tertiary/aromatic N) is 1. The molecule has 2 saturated heterocycles. The number of aldehydes is 2. The van der Waals surface area contributed by atoms with E-state index in [0.29, 0.717) is 44.3 Å². The maximum absolute atomic E-state index is 12.1. The van der Waals surface area contributed by atoms with Gasteiger partial charge in [0.2, 0.25) is 0 Å². The number of carbonyl (C=O) groups excluding carboxylic acids is 6. The highest BCUT2D eigenvalue weighted by Gasteiger charge is 2.43. The van der Waals surface area contributed by atoms with E-state index in [4.69, 9.17) is 20.7 Å². The molecule has 2 aliphatic rings. The molecule has 2 heterocycles. The molecule has 14 heteroatoms. The van der Waals surface area contributed by atoms with Crippen LogP contribution in [0.25, 0.3) is 0 Å². The van der Waals surface area contributed by atoms with Gasteiger partial charge in [0.15, 0.2) is 5.78 Å². The Morgan fingerprint density at radius 3 is 1.63 bits per heavy atom. The zero-order valence-corrected chi connectivity index (χ0v) is 29.7. The lowest BCUT2D eigenvalue weighted by atomic mass is 9.77. The first-order valence-electron chi connectivity index (χ1n) is 17.1. The van der Waals surface area contributed by atoms with E-state index in [2.05, 4.69) is 21.8 Å². The second-order valence-corrected chi connectivity index (χ2v) is 12.0. The normalized spacial score (nSPS) is 17.3. The minimum Gasteiger partial charge on any atom is -0.481 e. The molecule has 0 radical (unpaired) electrons. The number of hydrogen-bond donors (Lipinski definition) is 3. The van der Waals surface area contributed by atoms with E-state index < -0.39 is 42.5 Å². The summed E-state index contributed by atoms with van der Waals surface area (Å²) in [5.74, 6) is -4.27. The van der Waals surface area contributed by atoms with Gasteiger partial charge < -0.3 is 35.0 Å². The van der Waals surface area contributed by atoms with Gasteiger partial charge in [-0.1, -0.05) is 60.7 Å². The Balaban J connectivity index is 0.000000382. The van der Waals surface area contributed by atoms with Crippen LogP contribution in [0.4, 0.5) is 0 Å². The molecule has 14 nitrogen and oxygen atoms in total. The van der Waals surface area contributed by atoms with Gasteiger partial charge >= 0.3 is 23.9 Å². The van der Waals surface area contributed by atoms with Crippen LogP contribution >= 0.6 is 0 Å². The number of nitrogens with two attached hydrogens (primary N) is 1. The van der Waals surface area contributed by atoms with E-state index in [0.717, 1.165) is 19.4 Å². The summed E-state index contributed by atoms with van der Waals surface area (Å²) in [6.45, 7) is 5.72. The zero-order valence-electron chi connectivity index (χ0n) is 29.7. The van der Waals surface area contributed by atoms with Crippen LogP contribution in [0.1, 0.15) is 76.3 Å². The van der Waals surface area contributed by atoms with E-state index in [1.807, 2.05) is 55.5 Å². The third kappa shape index (κ3) is 18.2. The Labute approximate surface area is 303 Å². The van der Waals surface area contributed by atoms with Crippen LogP contribution in [0.3, 0.4) is 0 Å². The standard InChI is InChI=1S/C18H23NO3.C8H12O4.C7H9N.C5H6O5/c1-2-22-18(21)14-8-15-10-17(20)11-16(9-14)19(15)12-13-6-4-3-5-7-13;1-2-12-8(11)7(3-5-9)4-6-10;8-6-7-4-2-1-3-5-7;6-3(1-4(7)8)2-5(9)10/h3-7,14-16H,2,8-12H2,1H3;5-7H,2-4H2,1H3;1-5H,6,8H2;1-2H2,(H,7,8)(H,9,10). The number of piperidine rings is 2. The summed E-state index contributed by atoms with van der Waals surface area (Å²) in [4.78, 5) is 87.4. The van der Waals surface area contributed by atoms with E-state index >= 15 is 0 Å². The smallest absolute Gasteiger partial charge is 0.310 e. The van der Waals surface area contributed by atoms with Gasteiger partial charge in [0.05, 0.1) is 25.0 Å². The van der Waals surface area contributed by atoms with Gasteiger partial charge in [0.25, 0.3) is 0 Å². The Morgan fingerprint density at radius 2 is 1.25 bits per heavy atom. The maximum Gasteiger partial charge on any atom is 0.310 e. The van der Waals surface area contributed by atoms with Crippen molar-refractivity contribution in [1.82, 2.24) is 4.90 Å². The van der Waals surface area contributed by atoms with Crippen molar-refractivity contribution in [3.63, 3.8) is 0 Å². The van der Waals surface area contributed by atoms with Crippen LogP contribution in [0.2, 0.25) is 0 Å². The Morgan fingerprint density at radius 1 is 0.788 bits per heavy atom. The highest BCUT2D eigenvalue weighted by molar-refractivity contribution is 6.02. The summed E-state index contributed by atoms with van der Waals surface area (Å²) < 4.78 is 9.84. The molecule has 2 atom stereocenters. The fraction of sp³-hybridized carbons (Fsp3) is 0.474. The van der Waals surface area contributed by atoms with Crippen molar-refractivity contribution in [2.75, 3.05) is 13.2 Å². The average Bonchev–Trinajstić information content (AvgIpc) is 3.09. The average molecular weight is 727 g/mol.